The lowest BCUT2D eigenvalue weighted by molar-refractivity contribution is 0.383. The molecule has 0 aliphatic heterocycles. The van der Waals surface area contributed by atoms with Gasteiger partial charge >= 0.3 is 0 Å². The van der Waals surface area contributed by atoms with Crippen molar-refractivity contribution in [2.75, 3.05) is 7.11 Å². The van der Waals surface area contributed by atoms with Crippen molar-refractivity contribution < 1.29 is 9.13 Å². The molecule has 1 atom stereocenters. The van der Waals surface area contributed by atoms with Crippen LogP contribution in [0.15, 0.2) is 29.6 Å². The van der Waals surface area contributed by atoms with Crippen molar-refractivity contribution in [3.63, 3.8) is 0 Å². The van der Waals surface area contributed by atoms with Gasteiger partial charge in [0.05, 0.1) is 7.11 Å². The Morgan fingerprint density at radius 1 is 1.39 bits per heavy atom. The van der Waals surface area contributed by atoms with Gasteiger partial charge in [-0.25, -0.2) is 4.39 Å². The number of aryl methyl sites for hydroxylation is 1. The first-order chi connectivity index (χ1) is 8.63. The Morgan fingerprint density at radius 2 is 2.17 bits per heavy atom. The molecule has 0 bridgehead atoms. The third-order valence-corrected chi connectivity index (χ3v) is 4.09. The van der Waals surface area contributed by atoms with Crippen molar-refractivity contribution in [1.82, 2.24) is 0 Å². The van der Waals surface area contributed by atoms with Crippen LogP contribution in [0.3, 0.4) is 0 Å². The highest BCUT2D eigenvalue weighted by Gasteiger charge is 2.15. The highest BCUT2D eigenvalue weighted by molar-refractivity contribution is 7.10. The van der Waals surface area contributed by atoms with E-state index >= 15 is 0 Å². The fourth-order valence-electron chi connectivity index (χ4n) is 1.97. The molecular formula is C14H16FNOS. The molecule has 2 rings (SSSR count). The van der Waals surface area contributed by atoms with Gasteiger partial charge in [0.25, 0.3) is 0 Å². The molecule has 0 amide bonds. The zero-order valence-corrected chi connectivity index (χ0v) is 11.3. The van der Waals surface area contributed by atoms with Gasteiger partial charge in [0, 0.05) is 10.9 Å². The first-order valence-electron chi connectivity index (χ1n) is 5.74. The third kappa shape index (κ3) is 2.54. The van der Waals surface area contributed by atoms with Gasteiger partial charge in [0.2, 0.25) is 0 Å². The molecule has 96 valence electrons. The number of hydrogen-bond donors (Lipinski definition) is 1. The first-order valence-corrected chi connectivity index (χ1v) is 6.62. The second-order valence-electron chi connectivity index (χ2n) is 4.21. The summed E-state index contributed by atoms with van der Waals surface area (Å²) >= 11 is 1.61. The quantitative estimate of drug-likeness (QED) is 0.919. The Labute approximate surface area is 110 Å². The lowest BCUT2D eigenvalue weighted by Crippen LogP contribution is -2.14. The molecule has 0 fully saturated rings. The van der Waals surface area contributed by atoms with Gasteiger partial charge in [0.15, 0.2) is 11.6 Å². The maximum atomic E-state index is 14.0. The van der Waals surface area contributed by atoms with Crippen LogP contribution in [0, 0.1) is 12.7 Å². The van der Waals surface area contributed by atoms with Crippen molar-refractivity contribution in [2.45, 2.75) is 19.4 Å². The van der Waals surface area contributed by atoms with E-state index in [4.69, 9.17) is 10.5 Å². The van der Waals surface area contributed by atoms with Crippen LogP contribution in [0.25, 0.3) is 0 Å². The number of ether oxygens (including phenoxy) is 1. The highest BCUT2D eigenvalue weighted by Crippen LogP contribution is 2.28. The van der Waals surface area contributed by atoms with Crippen molar-refractivity contribution >= 4 is 11.3 Å². The lowest BCUT2D eigenvalue weighted by atomic mass is 10.0. The van der Waals surface area contributed by atoms with E-state index in [0.29, 0.717) is 12.0 Å². The second kappa shape index (κ2) is 5.50. The Balaban J connectivity index is 2.22. The normalized spacial score (nSPS) is 12.4. The van der Waals surface area contributed by atoms with Crippen LogP contribution in [-0.4, -0.2) is 7.11 Å². The molecule has 0 aliphatic carbocycles. The largest absolute Gasteiger partial charge is 0.494 e. The van der Waals surface area contributed by atoms with Crippen LogP contribution < -0.4 is 10.5 Å². The van der Waals surface area contributed by atoms with Gasteiger partial charge in [-0.15, -0.1) is 11.3 Å². The predicted octanol–water partition coefficient (Wildman–Crippen LogP) is 3.45. The molecular weight excluding hydrogens is 249 g/mol. The molecule has 0 radical (unpaired) electrons. The molecule has 0 aliphatic rings. The zero-order valence-electron chi connectivity index (χ0n) is 10.4. The van der Waals surface area contributed by atoms with Crippen LogP contribution in [0.4, 0.5) is 4.39 Å². The van der Waals surface area contributed by atoms with Crippen molar-refractivity contribution in [2.24, 2.45) is 5.73 Å². The summed E-state index contributed by atoms with van der Waals surface area (Å²) in [6.45, 7) is 2.02. The standard InChI is InChI=1S/C14H16FNOS/c1-9-6-7-18-14(9)11(16)8-10-4-3-5-12(17-2)13(10)15/h3-7,11H,8,16H2,1-2H3. The van der Waals surface area contributed by atoms with E-state index in [0.717, 1.165) is 10.4 Å². The number of benzene rings is 1. The number of nitrogens with two attached hydrogens (primary N) is 1. The number of hydrogen-bond acceptors (Lipinski definition) is 3. The van der Waals surface area contributed by atoms with Gasteiger partial charge in [0.1, 0.15) is 0 Å². The lowest BCUT2D eigenvalue weighted by Gasteiger charge is -2.13. The first kappa shape index (κ1) is 13.1. The molecule has 1 aromatic carbocycles. The SMILES string of the molecule is COc1cccc(CC(N)c2sccc2C)c1F. The third-order valence-electron chi connectivity index (χ3n) is 2.94. The molecule has 1 heterocycles. The van der Waals surface area contributed by atoms with Crippen LogP contribution in [0.2, 0.25) is 0 Å². The summed E-state index contributed by atoms with van der Waals surface area (Å²) in [6.07, 6.45) is 0.477. The summed E-state index contributed by atoms with van der Waals surface area (Å²) in [5, 5.41) is 2.01. The Kier molecular flexibility index (Phi) is 3.99. The molecule has 0 saturated carbocycles. The molecule has 0 spiro atoms. The van der Waals surface area contributed by atoms with Gasteiger partial charge < -0.3 is 10.5 Å². The summed E-state index contributed by atoms with van der Waals surface area (Å²) < 4.78 is 19.0. The molecule has 2 nitrogen and oxygen atoms in total. The van der Waals surface area contributed by atoms with Crippen molar-refractivity contribution in [1.29, 1.82) is 0 Å². The van der Waals surface area contributed by atoms with Crippen molar-refractivity contribution in [3.8, 4) is 5.75 Å². The molecule has 1 aromatic heterocycles. The summed E-state index contributed by atoms with van der Waals surface area (Å²) in [7, 11) is 1.46. The zero-order chi connectivity index (χ0) is 13.1. The van der Waals surface area contributed by atoms with Crippen molar-refractivity contribution in [3.05, 3.63) is 51.5 Å². The van der Waals surface area contributed by atoms with E-state index < -0.39 is 0 Å². The Morgan fingerprint density at radius 3 is 2.78 bits per heavy atom. The predicted molar refractivity (Wildman–Crippen MR) is 72.6 cm³/mol. The summed E-state index contributed by atoms with van der Waals surface area (Å²) in [5.41, 5.74) is 7.89. The smallest absolute Gasteiger partial charge is 0.168 e. The fourth-order valence-corrected chi connectivity index (χ4v) is 2.90. The van der Waals surface area contributed by atoms with Gasteiger partial charge in [-0.3, -0.25) is 0 Å². The van der Waals surface area contributed by atoms with E-state index in [9.17, 15) is 4.39 Å². The number of methoxy groups -OCH3 is 1. The molecule has 2 N–H and O–H groups in total. The average Bonchev–Trinajstić information content (AvgIpc) is 2.78. The van der Waals surface area contributed by atoms with E-state index in [1.165, 1.54) is 7.11 Å². The molecule has 0 saturated heterocycles. The van der Waals surface area contributed by atoms with E-state index in [2.05, 4.69) is 0 Å². The van der Waals surface area contributed by atoms with Gasteiger partial charge in [-0.1, -0.05) is 12.1 Å². The molecule has 4 heteroatoms. The topological polar surface area (TPSA) is 35.2 Å². The minimum absolute atomic E-state index is 0.174. The van der Waals surface area contributed by atoms with Crippen LogP contribution in [0.5, 0.6) is 5.75 Å². The average molecular weight is 265 g/mol. The minimum atomic E-state index is -0.315. The summed E-state index contributed by atoms with van der Waals surface area (Å²) in [4.78, 5) is 1.11. The number of halogens is 1. The molecule has 2 aromatic rings. The van der Waals surface area contributed by atoms with Gasteiger partial charge in [-0.05, 0) is 42.0 Å². The fraction of sp³-hybridized carbons (Fsp3) is 0.286. The molecule has 18 heavy (non-hydrogen) atoms. The second-order valence-corrected chi connectivity index (χ2v) is 5.16. The number of rotatable bonds is 4. The monoisotopic (exact) mass is 265 g/mol. The van der Waals surface area contributed by atoms with Gasteiger partial charge in [-0.2, -0.15) is 0 Å². The number of thiophene rings is 1. The van der Waals surface area contributed by atoms with Crippen LogP contribution >= 0.6 is 11.3 Å². The Bertz CT molecular complexity index is 538. The van der Waals surface area contributed by atoms with E-state index in [-0.39, 0.29) is 17.6 Å². The Hall–Kier alpha value is -1.39. The van der Waals surface area contributed by atoms with Crippen LogP contribution in [-0.2, 0) is 6.42 Å². The van der Waals surface area contributed by atoms with E-state index in [1.54, 1.807) is 29.5 Å². The minimum Gasteiger partial charge on any atom is -0.494 e. The molecule has 1 unspecified atom stereocenters. The van der Waals surface area contributed by atoms with Crippen LogP contribution in [0.1, 0.15) is 22.0 Å². The summed E-state index contributed by atoms with van der Waals surface area (Å²) in [6, 6.07) is 7.00. The maximum Gasteiger partial charge on any atom is 0.168 e. The summed E-state index contributed by atoms with van der Waals surface area (Å²) in [5.74, 6) is -0.0488. The van der Waals surface area contributed by atoms with E-state index in [1.807, 2.05) is 18.4 Å². The maximum absolute atomic E-state index is 14.0. The highest BCUT2D eigenvalue weighted by atomic mass is 32.1.